The monoisotopic (exact) mass is 428 g/mol. The lowest BCUT2D eigenvalue weighted by molar-refractivity contribution is 0.0694. The number of benzene rings is 2. The van der Waals surface area contributed by atoms with Gasteiger partial charge in [0.1, 0.15) is 17.9 Å². The van der Waals surface area contributed by atoms with E-state index in [4.69, 9.17) is 4.74 Å². The Hall–Kier alpha value is -2.83. The van der Waals surface area contributed by atoms with Crippen molar-refractivity contribution in [3.8, 4) is 5.75 Å². The Bertz CT molecular complexity index is 1110. The highest BCUT2D eigenvalue weighted by Gasteiger charge is 2.20. The molecule has 0 saturated heterocycles. The van der Waals surface area contributed by atoms with Gasteiger partial charge in [-0.1, -0.05) is 30.3 Å². The van der Waals surface area contributed by atoms with E-state index in [-0.39, 0.29) is 18.0 Å². The van der Waals surface area contributed by atoms with Crippen LogP contribution in [0.1, 0.15) is 27.9 Å². The lowest BCUT2D eigenvalue weighted by Crippen LogP contribution is -2.24. The molecule has 6 nitrogen and oxygen atoms in total. The number of carbonyl (C=O) groups is 1. The Morgan fingerprint density at radius 1 is 1.23 bits per heavy atom. The van der Waals surface area contributed by atoms with Gasteiger partial charge in [-0.05, 0) is 43.1 Å². The second-order valence-corrected chi connectivity index (χ2v) is 7.52. The zero-order valence-electron chi connectivity index (χ0n) is 16.8. The number of likely N-dealkylation sites (N-methyl/N-ethyl adjacent to an activating group) is 1. The zero-order valence-corrected chi connectivity index (χ0v) is 17.7. The Kier molecular flexibility index (Phi) is 6.80. The van der Waals surface area contributed by atoms with Gasteiger partial charge in [0, 0.05) is 25.8 Å². The summed E-state index contributed by atoms with van der Waals surface area (Å²) in [6.07, 6.45) is 3.23. The van der Waals surface area contributed by atoms with Crippen LogP contribution in [-0.4, -0.2) is 40.7 Å². The van der Waals surface area contributed by atoms with Gasteiger partial charge in [-0.3, -0.25) is 9.69 Å². The second-order valence-electron chi connectivity index (χ2n) is 7.52. The van der Waals surface area contributed by atoms with Gasteiger partial charge in [-0.2, -0.15) is 0 Å². The molecule has 0 unspecified atom stereocenters. The molecule has 0 radical (unpaired) electrons. The molecule has 0 saturated carbocycles. The van der Waals surface area contributed by atoms with E-state index in [1.807, 2.05) is 35.9 Å². The molecule has 0 aliphatic carbocycles. The van der Waals surface area contributed by atoms with Crippen molar-refractivity contribution in [2.24, 2.45) is 0 Å². The van der Waals surface area contributed by atoms with E-state index >= 15 is 0 Å². The molecule has 2 heterocycles. The highest BCUT2D eigenvalue weighted by molar-refractivity contribution is 5.94. The van der Waals surface area contributed by atoms with Crippen LogP contribution in [0.25, 0.3) is 10.9 Å². The second kappa shape index (κ2) is 9.32. The number of aryl methyl sites for hydroxylation is 2. The highest BCUT2D eigenvalue weighted by atomic mass is 35.5. The highest BCUT2D eigenvalue weighted by Crippen LogP contribution is 2.28. The van der Waals surface area contributed by atoms with Crippen molar-refractivity contribution in [3.63, 3.8) is 0 Å². The van der Waals surface area contributed by atoms with Gasteiger partial charge < -0.3 is 14.4 Å². The van der Waals surface area contributed by atoms with Crippen LogP contribution in [0.2, 0.25) is 0 Å². The smallest absolute Gasteiger partial charge is 0.341 e. The summed E-state index contributed by atoms with van der Waals surface area (Å²) in [5.41, 5.74) is 2.48. The maximum atomic E-state index is 12.7. The quantitative estimate of drug-likeness (QED) is 0.622. The number of pyridine rings is 1. The molecule has 0 bridgehead atoms. The van der Waals surface area contributed by atoms with E-state index in [0.717, 1.165) is 37.0 Å². The summed E-state index contributed by atoms with van der Waals surface area (Å²) in [7, 11) is 2.04. The van der Waals surface area contributed by atoms with Crippen molar-refractivity contribution in [3.05, 3.63) is 75.6 Å². The third-order valence-corrected chi connectivity index (χ3v) is 5.34. The summed E-state index contributed by atoms with van der Waals surface area (Å²) >= 11 is 0. The molecule has 30 heavy (non-hydrogen) atoms. The predicted molar refractivity (Wildman–Crippen MR) is 119 cm³/mol. The Morgan fingerprint density at radius 3 is 2.73 bits per heavy atom. The number of halogens is 1. The summed E-state index contributed by atoms with van der Waals surface area (Å²) in [6, 6.07) is 13.9. The van der Waals surface area contributed by atoms with Gasteiger partial charge >= 0.3 is 5.97 Å². The van der Waals surface area contributed by atoms with Gasteiger partial charge in [-0.15, -0.1) is 12.4 Å². The largest absolute Gasteiger partial charge is 0.492 e. The van der Waals surface area contributed by atoms with Crippen molar-refractivity contribution < 1.29 is 14.6 Å². The average Bonchev–Trinajstić information content (AvgIpc) is 2.71. The van der Waals surface area contributed by atoms with Crippen LogP contribution < -0.4 is 10.2 Å². The number of nitrogens with zero attached hydrogens (tertiary/aromatic N) is 2. The maximum Gasteiger partial charge on any atom is 0.341 e. The lowest BCUT2D eigenvalue weighted by Gasteiger charge is -2.22. The minimum atomic E-state index is -1.19. The van der Waals surface area contributed by atoms with E-state index in [1.54, 1.807) is 6.07 Å². The topological polar surface area (TPSA) is 71.8 Å². The van der Waals surface area contributed by atoms with Gasteiger partial charge in [0.2, 0.25) is 5.43 Å². The molecule has 0 fully saturated rings. The van der Waals surface area contributed by atoms with Crippen molar-refractivity contribution in [1.29, 1.82) is 0 Å². The van der Waals surface area contributed by atoms with Crippen LogP contribution in [-0.2, 0) is 19.5 Å². The molecule has 1 aliphatic heterocycles. The molecule has 0 amide bonds. The van der Waals surface area contributed by atoms with Crippen LogP contribution in [0.15, 0.2) is 53.5 Å². The molecular formula is C23H25ClN2O4. The molecule has 7 heteroatoms. The number of carboxylic acids is 1. The fourth-order valence-corrected chi connectivity index (χ4v) is 3.94. The molecule has 2 aromatic carbocycles. The molecule has 4 rings (SSSR count). The molecular weight excluding hydrogens is 404 g/mol. The van der Waals surface area contributed by atoms with Crippen LogP contribution in [0.3, 0.4) is 0 Å². The van der Waals surface area contributed by atoms with Crippen molar-refractivity contribution >= 4 is 29.3 Å². The number of hydrogen-bond donors (Lipinski definition) is 1. The van der Waals surface area contributed by atoms with Crippen LogP contribution in [0.4, 0.5) is 0 Å². The summed E-state index contributed by atoms with van der Waals surface area (Å²) in [4.78, 5) is 26.3. The molecule has 0 spiro atoms. The van der Waals surface area contributed by atoms with E-state index in [2.05, 4.69) is 17.0 Å². The molecule has 1 aliphatic rings. The number of aromatic nitrogens is 1. The van der Waals surface area contributed by atoms with Crippen molar-refractivity contribution in [1.82, 2.24) is 9.47 Å². The van der Waals surface area contributed by atoms with E-state index < -0.39 is 11.4 Å². The fraction of sp³-hybridized carbons (Fsp3) is 0.304. The molecule has 3 aromatic rings. The maximum absolute atomic E-state index is 12.7. The molecule has 1 aromatic heterocycles. The first-order valence-corrected chi connectivity index (χ1v) is 9.81. The Labute approximate surface area is 181 Å². The Morgan fingerprint density at radius 2 is 2.00 bits per heavy atom. The van der Waals surface area contributed by atoms with E-state index in [9.17, 15) is 14.7 Å². The number of aromatic carboxylic acids is 1. The average molecular weight is 429 g/mol. The number of ether oxygens (including phenoxy) is 1. The molecule has 158 valence electrons. The minimum Gasteiger partial charge on any atom is -0.492 e. The van der Waals surface area contributed by atoms with Crippen LogP contribution >= 0.6 is 12.4 Å². The summed E-state index contributed by atoms with van der Waals surface area (Å²) in [5.74, 6) is -0.574. The van der Waals surface area contributed by atoms with Gasteiger partial charge in [-0.25, -0.2) is 4.79 Å². The third kappa shape index (κ3) is 4.50. The number of hydrogen-bond acceptors (Lipinski definition) is 4. The standard InChI is InChI=1S/C23H24N2O4.ClH/c1-24(14-16-6-3-2-4-7-16)10-11-29-18-12-17-8-5-9-25-15-20(23(27)28)22(26)19(13-18)21(17)25;/h2-4,6-7,12-13,15H,5,8-11,14H2,1H3,(H,27,28);1H. The minimum absolute atomic E-state index is 0. The van der Waals surface area contributed by atoms with Crippen molar-refractivity contribution in [2.75, 3.05) is 20.2 Å². The van der Waals surface area contributed by atoms with Gasteiger partial charge in [0.15, 0.2) is 0 Å². The zero-order chi connectivity index (χ0) is 20.4. The molecule has 0 atom stereocenters. The van der Waals surface area contributed by atoms with E-state index in [0.29, 0.717) is 24.3 Å². The summed E-state index contributed by atoms with van der Waals surface area (Å²) in [5, 5.41) is 9.80. The third-order valence-electron chi connectivity index (χ3n) is 5.34. The number of rotatable bonds is 7. The van der Waals surface area contributed by atoms with Crippen molar-refractivity contribution in [2.45, 2.75) is 25.9 Å². The normalized spacial score (nSPS) is 12.6. The Balaban J connectivity index is 0.00000256. The molecule has 1 N–H and O–H groups in total. The van der Waals surface area contributed by atoms with Crippen LogP contribution in [0.5, 0.6) is 5.75 Å². The first kappa shape index (κ1) is 21.9. The lowest BCUT2D eigenvalue weighted by atomic mass is 9.99. The SMILES string of the molecule is CN(CCOc1cc2c3c(c1)c(=O)c(C(=O)O)cn3CCC2)Cc1ccccc1.Cl. The first-order chi connectivity index (χ1) is 14.0. The first-order valence-electron chi connectivity index (χ1n) is 9.81. The van der Waals surface area contributed by atoms with E-state index in [1.165, 1.54) is 11.8 Å². The predicted octanol–water partition coefficient (Wildman–Crippen LogP) is 3.58. The van der Waals surface area contributed by atoms with Gasteiger partial charge in [0.25, 0.3) is 0 Å². The number of carboxylic acid groups (broad SMARTS) is 1. The summed E-state index contributed by atoms with van der Waals surface area (Å²) in [6.45, 7) is 2.77. The van der Waals surface area contributed by atoms with Crippen LogP contribution in [0, 0.1) is 0 Å². The fourth-order valence-electron chi connectivity index (χ4n) is 3.94. The summed E-state index contributed by atoms with van der Waals surface area (Å²) < 4.78 is 7.83. The van der Waals surface area contributed by atoms with Gasteiger partial charge in [0.05, 0.1) is 10.9 Å².